The minimum absolute atomic E-state index is 0.551. The van der Waals surface area contributed by atoms with Crippen molar-refractivity contribution < 1.29 is 0 Å². The van der Waals surface area contributed by atoms with Crippen LogP contribution >= 0.6 is 0 Å². The lowest BCUT2D eigenvalue weighted by Gasteiger charge is -2.24. The molecule has 0 aliphatic heterocycles. The van der Waals surface area contributed by atoms with Crippen molar-refractivity contribution in [3.8, 4) is 0 Å². The molecule has 1 fully saturated rings. The molecule has 1 atom stereocenters. The Morgan fingerprint density at radius 3 is 2.55 bits per heavy atom. The predicted octanol–water partition coefficient (Wildman–Crippen LogP) is 2.34. The molecule has 0 heterocycles. The lowest BCUT2D eigenvalue weighted by Crippen LogP contribution is -2.23. The van der Waals surface area contributed by atoms with Crippen molar-refractivity contribution in [1.29, 1.82) is 0 Å². The van der Waals surface area contributed by atoms with Crippen LogP contribution in [0, 0.1) is 5.92 Å². The summed E-state index contributed by atoms with van der Waals surface area (Å²) in [6.07, 6.45) is 6.69. The predicted molar refractivity (Wildman–Crippen MR) is 49.6 cm³/mol. The molecular weight excluding hydrogens is 134 g/mol. The molecule has 0 aromatic rings. The standard InChI is InChI=1S/C10H19N/c1-8(9(2)11-3)7-10-5-4-6-10/h7,9-11H,4-6H2,1-3H3. The molecule has 1 aliphatic carbocycles. The normalized spacial score (nSPS) is 23.0. The Balaban J connectivity index is 2.36. The molecule has 1 N–H and O–H groups in total. The van der Waals surface area contributed by atoms with E-state index in [2.05, 4.69) is 25.2 Å². The van der Waals surface area contributed by atoms with Gasteiger partial charge in [-0.05, 0) is 39.7 Å². The fourth-order valence-electron chi connectivity index (χ4n) is 1.35. The van der Waals surface area contributed by atoms with Crippen molar-refractivity contribution in [2.75, 3.05) is 7.05 Å². The lowest BCUT2D eigenvalue weighted by atomic mass is 9.83. The zero-order chi connectivity index (χ0) is 8.27. The van der Waals surface area contributed by atoms with Gasteiger partial charge in [0.2, 0.25) is 0 Å². The maximum atomic E-state index is 3.25. The van der Waals surface area contributed by atoms with Crippen LogP contribution in [0.4, 0.5) is 0 Å². The van der Waals surface area contributed by atoms with Gasteiger partial charge in [0.1, 0.15) is 0 Å². The van der Waals surface area contributed by atoms with Crippen LogP contribution in [-0.2, 0) is 0 Å². The van der Waals surface area contributed by atoms with Gasteiger partial charge in [-0.1, -0.05) is 18.1 Å². The maximum Gasteiger partial charge on any atom is 0.0245 e. The molecule has 0 amide bonds. The highest BCUT2D eigenvalue weighted by Gasteiger charge is 2.15. The third kappa shape index (κ3) is 2.33. The molecule has 0 aromatic carbocycles. The van der Waals surface area contributed by atoms with Gasteiger partial charge in [0.25, 0.3) is 0 Å². The van der Waals surface area contributed by atoms with Crippen molar-refractivity contribution >= 4 is 0 Å². The highest BCUT2D eigenvalue weighted by atomic mass is 14.9. The Labute approximate surface area is 69.9 Å². The summed E-state index contributed by atoms with van der Waals surface area (Å²) in [7, 11) is 2.02. The fourth-order valence-corrected chi connectivity index (χ4v) is 1.35. The third-order valence-corrected chi connectivity index (χ3v) is 2.76. The summed E-state index contributed by atoms with van der Waals surface area (Å²) in [5.41, 5.74) is 1.50. The summed E-state index contributed by atoms with van der Waals surface area (Å²) in [6, 6.07) is 0.551. The molecule has 0 radical (unpaired) electrons. The van der Waals surface area contributed by atoms with Crippen LogP contribution < -0.4 is 5.32 Å². The molecule has 1 nitrogen and oxygen atoms in total. The van der Waals surface area contributed by atoms with E-state index >= 15 is 0 Å². The first-order chi connectivity index (χ1) is 5.24. The number of hydrogen-bond acceptors (Lipinski definition) is 1. The molecule has 1 unspecified atom stereocenters. The maximum absolute atomic E-state index is 3.25. The van der Waals surface area contributed by atoms with Gasteiger partial charge in [-0.15, -0.1) is 0 Å². The summed E-state index contributed by atoms with van der Waals surface area (Å²) in [5.74, 6) is 0.894. The van der Waals surface area contributed by atoms with Gasteiger partial charge >= 0.3 is 0 Å². The van der Waals surface area contributed by atoms with Crippen LogP contribution in [0.5, 0.6) is 0 Å². The van der Waals surface area contributed by atoms with Crippen LogP contribution in [0.3, 0.4) is 0 Å². The van der Waals surface area contributed by atoms with E-state index in [-0.39, 0.29) is 0 Å². The van der Waals surface area contributed by atoms with Crippen LogP contribution in [0.2, 0.25) is 0 Å². The van der Waals surface area contributed by atoms with Gasteiger partial charge in [-0.2, -0.15) is 0 Å². The number of hydrogen-bond donors (Lipinski definition) is 1. The topological polar surface area (TPSA) is 12.0 Å². The first kappa shape index (κ1) is 8.79. The fraction of sp³-hybridized carbons (Fsp3) is 0.800. The smallest absolute Gasteiger partial charge is 0.0245 e. The first-order valence-electron chi connectivity index (χ1n) is 4.59. The van der Waals surface area contributed by atoms with E-state index in [1.807, 2.05) is 7.05 Å². The van der Waals surface area contributed by atoms with Gasteiger partial charge in [0.05, 0.1) is 0 Å². The van der Waals surface area contributed by atoms with E-state index in [1.54, 1.807) is 0 Å². The molecule has 0 spiro atoms. The van der Waals surface area contributed by atoms with Crippen LogP contribution in [0.25, 0.3) is 0 Å². The molecule has 0 saturated heterocycles. The molecule has 1 heteroatoms. The SMILES string of the molecule is CNC(C)C(C)=CC1CCC1. The quantitative estimate of drug-likeness (QED) is 0.614. The third-order valence-electron chi connectivity index (χ3n) is 2.76. The van der Waals surface area contributed by atoms with E-state index < -0.39 is 0 Å². The minimum atomic E-state index is 0.551. The lowest BCUT2D eigenvalue weighted by molar-refractivity contribution is 0.384. The average molecular weight is 153 g/mol. The van der Waals surface area contributed by atoms with E-state index in [0.29, 0.717) is 6.04 Å². The Kier molecular flexibility index (Phi) is 3.13. The summed E-state index contributed by atoms with van der Waals surface area (Å²) in [6.45, 7) is 4.43. The highest BCUT2D eigenvalue weighted by Crippen LogP contribution is 2.28. The largest absolute Gasteiger partial charge is 0.314 e. The Morgan fingerprint density at radius 2 is 2.18 bits per heavy atom. The van der Waals surface area contributed by atoms with Crippen molar-refractivity contribution in [3.05, 3.63) is 11.6 Å². The molecule has 0 bridgehead atoms. The Morgan fingerprint density at radius 1 is 1.55 bits per heavy atom. The molecule has 64 valence electrons. The summed E-state index contributed by atoms with van der Waals surface area (Å²) < 4.78 is 0. The molecular formula is C10H19N. The summed E-state index contributed by atoms with van der Waals surface area (Å²) in [4.78, 5) is 0. The molecule has 1 aliphatic rings. The zero-order valence-corrected chi connectivity index (χ0v) is 7.85. The number of rotatable bonds is 3. The Bertz CT molecular complexity index is 145. The van der Waals surface area contributed by atoms with Gasteiger partial charge in [0, 0.05) is 6.04 Å². The molecule has 1 rings (SSSR count). The average Bonchev–Trinajstić information content (AvgIpc) is 1.94. The van der Waals surface area contributed by atoms with Gasteiger partial charge in [-0.25, -0.2) is 0 Å². The van der Waals surface area contributed by atoms with Crippen molar-refractivity contribution in [3.63, 3.8) is 0 Å². The van der Waals surface area contributed by atoms with E-state index in [4.69, 9.17) is 0 Å². The van der Waals surface area contributed by atoms with Gasteiger partial charge in [-0.3, -0.25) is 0 Å². The number of allylic oxidation sites excluding steroid dienone is 1. The van der Waals surface area contributed by atoms with Crippen LogP contribution in [-0.4, -0.2) is 13.1 Å². The van der Waals surface area contributed by atoms with E-state index in [0.717, 1.165) is 5.92 Å². The van der Waals surface area contributed by atoms with Crippen molar-refractivity contribution in [2.24, 2.45) is 5.92 Å². The van der Waals surface area contributed by atoms with Crippen molar-refractivity contribution in [2.45, 2.75) is 39.2 Å². The van der Waals surface area contributed by atoms with E-state index in [9.17, 15) is 0 Å². The highest BCUT2D eigenvalue weighted by molar-refractivity contribution is 5.09. The molecule has 1 saturated carbocycles. The van der Waals surface area contributed by atoms with Crippen LogP contribution in [0.15, 0.2) is 11.6 Å². The number of nitrogens with one attached hydrogen (secondary N) is 1. The monoisotopic (exact) mass is 153 g/mol. The Hall–Kier alpha value is -0.300. The van der Waals surface area contributed by atoms with Gasteiger partial charge < -0.3 is 5.32 Å². The second-order valence-corrected chi connectivity index (χ2v) is 3.61. The number of likely N-dealkylation sites (N-methyl/N-ethyl adjacent to an activating group) is 1. The summed E-state index contributed by atoms with van der Waals surface area (Å²) in [5, 5.41) is 3.25. The first-order valence-corrected chi connectivity index (χ1v) is 4.59. The van der Waals surface area contributed by atoms with Crippen LogP contribution in [0.1, 0.15) is 33.1 Å². The van der Waals surface area contributed by atoms with E-state index in [1.165, 1.54) is 24.8 Å². The summed E-state index contributed by atoms with van der Waals surface area (Å²) >= 11 is 0. The second-order valence-electron chi connectivity index (χ2n) is 3.61. The van der Waals surface area contributed by atoms with Crippen molar-refractivity contribution in [1.82, 2.24) is 5.32 Å². The zero-order valence-electron chi connectivity index (χ0n) is 7.85. The van der Waals surface area contributed by atoms with Gasteiger partial charge in [0.15, 0.2) is 0 Å². The molecule has 0 aromatic heterocycles. The second kappa shape index (κ2) is 3.91. The molecule has 11 heavy (non-hydrogen) atoms. The minimum Gasteiger partial charge on any atom is -0.314 e.